The minimum Gasteiger partial charge on any atom is -0.456 e. The van der Waals surface area contributed by atoms with Gasteiger partial charge in [0.15, 0.2) is 0 Å². The average molecular weight is 988 g/mol. The third-order valence-corrected chi connectivity index (χ3v) is 13.1. The summed E-state index contributed by atoms with van der Waals surface area (Å²) in [5.41, 5.74) is 18.5. The molecule has 1 atom stereocenters. The molecule has 1 unspecified atom stereocenters. The summed E-state index contributed by atoms with van der Waals surface area (Å²) in [6.45, 7) is 0. The van der Waals surface area contributed by atoms with E-state index in [0.717, 1.165) is 61.4 Å². The predicted molar refractivity (Wildman–Crippen MR) is 243 cm³/mol. The first kappa shape index (κ1) is 34.3. The third kappa shape index (κ3) is 4.84. The predicted octanol–water partition coefficient (Wildman–Crippen LogP) is 15.0. The Morgan fingerprint density at radius 3 is 1.90 bits per heavy atom. The number of hydrogen-bond donors (Lipinski definition) is 0. The Hall–Kier alpha value is -6.57. The van der Waals surface area contributed by atoms with E-state index in [1.54, 1.807) is 0 Å². The van der Waals surface area contributed by atoms with Crippen LogP contribution in [0.25, 0.3) is 121 Å². The van der Waals surface area contributed by atoms with Gasteiger partial charge in [-0.15, -0.1) is 17.7 Å². The summed E-state index contributed by atoms with van der Waals surface area (Å²) in [5.74, 6) is 0. The molecule has 1 aliphatic carbocycles. The van der Waals surface area contributed by atoms with E-state index in [2.05, 4.69) is 150 Å². The molecule has 0 radical (unpaired) electrons. The van der Waals surface area contributed by atoms with Crippen LogP contribution >= 0.6 is 0 Å². The second-order valence-electron chi connectivity index (χ2n) is 16.2. The number of para-hydroxylation sites is 2. The third-order valence-electron chi connectivity index (χ3n) is 13.1. The zero-order valence-corrected chi connectivity index (χ0v) is 36.4. The number of benzene rings is 9. The van der Waals surface area contributed by atoms with Crippen molar-refractivity contribution in [2.75, 3.05) is 0 Å². The Labute approximate surface area is 368 Å². The molecule has 1 aliphatic heterocycles. The quantitative estimate of drug-likeness (QED) is 0.165. The van der Waals surface area contributed by atoms with Crippen molar-refractivity contribution in [1.82, 2.24) is 4.57 Å². The van der Waals surface area contributed by atoms with Gasteiger partial charge < -0.3 is 13.4 Å². The molecule has 4 heteroatoms. The summed E-state index contributed by atoms with van der Waals surface area (Å²) in [4.78, 5) is 0. The van der Waals surface area contributed by atoms with Gasteiger partial charge in [0.05, 0.1) is 6.04 Å². The van der Waals surface area contributed by atoms with Crippen molar-refractivity contribution in [1.29, 1.82) is 0 Å². The molecule has 3 nitrogen and oxygen atoms in total. The first-order valence-corrected chi connectivity index (χ1v) is 20.3. The minimum absolute atomic E-state index is 0. The van der Waals surface area contributed by atoms with Crippen LogP contribution in [0.2, 0.25) is 0 Å². The molecule has 0 bridgehead atoms. The van der Waals surface area contributed by atoms with Crippen molar-refractivity contribution in [3.8, 4) is 33.4 Å². The van der Waals surface area contributed by atoms with Crippen LogP contribution in [0.15, 0.2) is 173 Å². The number of rotatable bonds is 3. The summed E-state index contributed by atoms with van der Waals surface area (Å²) < 4.78 is 15.0. The number of hydrogen-bond acceptors (Lipinski definition) is 2. The van der Waals surface area contributed by atoms with Gasteiger partial charge in [-0.25, -0.2) is 11.1 Å². The fourth-order valence-corrected chi connectivity index (χ4v) is 10.3. The van der Waals surface area contributed by atoms with Crippen molar-refractivity contribution < 1.29 is 39.9 Å². The summed E-state index contributed by atoms with van der Waals surface area (Å²) in [7, 11) is 0. The van der Waals surface area contributed by atoms with Crippen LogP contribution in [-0.2, 0) is 6.42 Å². The summed E-state index contributed by atoms with van der Waals surface area (Å²) in [6, 6.07) is 66.5. The SMILES string of the molecule is [U+2].[c-]1ccccc1-c1[c-]cc2c3cc4ccc(-c5ccc6oc7ccccc7c6c5)cc4cc3n3c2c1C1=Cc2ccc(-c4ccc5oc6ccccc6c5c4)cc2CC13. The molecule has 3 aromatic heterocycles. The molecule has 12 aromatic rings. The topological polar surface area (TPSA) is 31.2 Å². The monoisotopic (exact) mass is 987 g/mol. The van der Waals surface area contributed by atoms with E-state index in [9.17, 15) is 0 Å². The van der Waals surface area contributed by atoms with Crippen LogP contribution in [0.4, 0.5) is 0 Å². The maximum Gasteiger partial charge on any atom is 2.00 e. The normalized spacial score (nSPS) is 14.4. The van der Waals surface area contributed by atoms with Gasteiger partial charge in [-0.05, 0) is 110 Å². The molecule has 0 spiro atoms. The smallest absolute Gasteiger partial charge is 0.456 e. The maximum atomic E-state index is 6.17. The minimum atomic E-state index is 0. The molecular formula is C56H31NO2U. The van der Waals surface area contributed by atoms with Crippen molar-refractivity contribution in [2.45, 2.75) is 12.5 Å². The molecule has 276 valence electrons. The van der Waals surface area contributed by atoms with Gasteiger partial charge in [-0.3, -0.25) is 0 Å². The van der Waals surface area contributed by atoms with Crippen LogP contribution in [-0.4, -0.2) is 4.57 Å². The van der Waals surface area contributed by atoms with Gasteiger partial charge in [0.25, 0.3) is 0 Å². The number of furan rings is 2. The van der Waals surface area contributed by atoms with Gasteiger partial charge >= 0.3 is 31.1 Å². The molecule has 0 saturated heterocycles. The molecule has 0 N–H and O–H groups in total. The Kier molecular flexibility index (Phi) is 7.27. The molecule has 2 aliphatic rings. The standard InChI is InChI=1S/C56H31NO2.U/c1-2-8-32(9-3-1)41-20-21-44-45-26-37-16-14-33(35-18-22-53-46(27-35)42-10-4-6-12-51(42)58-53)24-39(37)30-49(45)57-50-31-40-25-34(15-17-38(40)29-48(50)55(41)56(44)57)36-19-23-54-47(28-36)43-11-5-7-13-52(43)59-54;/h1-8,10-19,21-30,50H,31H2;/q-2;+2. The fourth-order valence-electron chi connectivity index (χ4n) is 10.3. The molecule has 0 fully saturated rings. The van der Waals surface area contributed by atoms with E-state index in [4.69, 9.17) is 8.83 Å². The maximum absolute atomic E-state index is 6.17. The molecule has 4 heterocycles. The van der Waals surface area contributed by atoms with E-state index < -0.39 is 0 Å². The van der Waals surface area contributed by atoms with Crippen LogP contribution in [0.3, 0.4) is 0 Å². The van der Waals surface area contributed by atoms with Crippen molar-refractivity contribution >= 4 is 88.1 Å². The molecular weight excluding hydrogens is 957 g/mol. The van der Waals surface area contributed by atoms with E-state index in [0.29, 0.717) is 0 Å². The second kappa shape index (κ2) is 12.7. The molecule has 14 rings (SSSR count). The molecule has 0 amide bonds. The summed E-state index contributed by atoms with van der Waals surface area (Å²) >= 11 is 0. The average Bonchev–Trinajstić information content (AvgIpc) is 4.04. The summed E-state index contributed by atoms with van der Waals surface area (Å²) in [5, 5.41) is 9.57. The van der Waals surface area contributed by atoms with Gasteiger partial charge in [0, 0.05) is 27.1 Å². The zero-order valence-electron chi connectivity index (χ0n) is 32.2. The Bertz CT molecular complexity index is 3820. The van der Waals surface area contributed by atoms with Crippen molar-refractivity contribution in [2.24, 2.45) is 0 Å². The number of fused-ring (bicyclic) bond motifs is 14. The fraction of sp³-hybridized carbons (Fsp3) is 0.0357. The van der Waals surface area contributed by atoms with Gasteiger partial charge in [0.1, 0.15) is 22.3 Å². The van der Waals surface area contributed by atoms with Gasteiger partial charge in [0.2, 0.25) is 0 Å². The number of nitrogens with zero attached hydrogens (tertiary/aromatic N) is 1. The molecule has 60 heavy (non-hydrogen) atoms. The Morgan fingerprint density at radius 2 is 1.17 bits per heavy atom. The van der Waals surface area contributed by atoms with E-state index >= 15 is 0 Å². The van der Waals surface area contributed by atoms with Crippen molar-refractivity contribution in [3.05, 3.63) is 193 Å². The van der Waals surface area contributed by atoms with Crippen molar-refractivity contribution in [3.63, 3.8) is 0 Å². The largest absolute Gasteiger partial charge is 2.00 e. The summed E-state index contributed by atoms with van der Waals surface area (Å²) in [6.07, 6.45) is 3.34. The molecule has 9 aromatic carbocycles. The van der Waals surface area contributed by atoms with Gasteiger partial charge in [-0.2, -0.15) is 30.3 Å². The number of allylic oxidation sites excluding steroid dienone is 1. The van der Waals surface area contributed by atoms with Crippen LogP contribution in [0.5, 0.6) is 0 Å². The first-order chi connectivity index (χ1) is 29.2. The van der Waals surface area contributed by atoms with Crippen LogP contribution < -0.4 is 0 Å². The van der Waals surface area contributed by atoms with E-state index in [1.807, 2.05) is 36.4 Å². The van der Waals surface area contributed by atoms with Crippen LogP contribution in [0.1, 0.15) is 22.7 Å². The van der Waals surface area contributed by atoms with Gasteiger partial charge in [-0.1, -0.05) is 102 Å². The Morgan fingerprint density at radius 1 is 0.517 bits per heavy atom. The van der Waals surface area contributed by atoms with E-state index in [1.165, 1.54) is 77.1 Å². The second-order valence-corrected chi connectivity index (χ2v) is 16.2. The van der Waals surface area contributed by atoms with Crippen LogP contribution in [0, 0.1) is 43.2 Å². The Balaban J connectivity index is 0.00000370. The van der Waals surface area contributed by atoms with E-state index in [-0.39, 0.29) is 37.2 Å². The molecule has 0 saturated carbocycles. The zero-order chi connectivity index (χ0) is 38.3. The first-order valence-electron chi connectivity index (χ1n) is 20.3. The number of aromatic nitrogens is 1.